The van der Waals surface area contributed by atoms with E-state index in [-0.39, 0.29) is 5.91 Å². The molecule has 28 heavy (non-hydrogen) atoms. The lowest BCUT2D eigenvalue weighted by atomic mass is 9.87. The number of likely N-dealkylation sites (N-methyl/N-ethyl adjacent to an activating group) is 1. The quantitative estimate of drug-likeness (QED) is 0.768. The van der Waals surface area contributed by atoms with Crippen LogP contribution >= 0.6 is 0 Å². The zero-order chi connectivity index (χ0) is 19.6. The van der Waals surface area contributed by atoms with Crippen LogP contribution in [0.5, 0.6) is 0 Å². The monoisotopic (exact) mass is 390 g/mol. The molecule has 2 saturated heterocycles. The minimum Gasteiger partial charge on any atom is -0.381 e. The molecular weight excluding hydrogens is 356 g/mol. The van der Waals surface area contributed by atoms with Gasteiger partial charge in [-0.05, 0) is 45.4 Å². The predicted molar refractivity (Wildman–Crippen MR) is 106 cm³/mol. The standard InChI is InChI=1S/C21H34N4O3/c1-3-24(4-2)19(26)18-16-25-12-9-22-20(25)21(28-18)7-10-23(11-8-21)15-17-5-13-27-14-6-17/h9,12,17-18H,3-8,10-11,13-16H2,1-2H3. The van der Waals surface area contributed by atoms with Crippen molar-refractivity contribution in [1.29, 1.82) is 0 Å². The van der Waals surface area contributed by atoms with E-state index < -0.39 is 11.7 Å². The van der Waals surface area contributed by atoms with Crippen molar-refractivity contribution in [1.82, 2.24) is 19.4 Å². The van der Waals surface area contributed by atoms with E-state index in [0.717, 1.165) is 70.5 Å². The first-order chi connectivity index (χ1) is 13.6. The molecule has 1 spiro atoms. The minimum atomic E-state index is -0.429. The number of likely N-dealkylation sites (tertiary alicyclic amines) is 1. The summed E-state index contributed by atoms with van der Waals surface area (Å²) < 4.78 is 14.2. The third-order valence-corrected chi connectivity index (χ3v) is 6.72. The van der Waals surface area contributed by atoms with Crippen molar-refractivity contribution in [3.05, 3.63) is 18.2 Å². The van der Waals surface area contributed by atoms with Gasteiger partial charge in [0, 0.05) is 58.3 Å². The number of ether oxygens (including phenoxy) is 2. The van der Waals surface area contributed by atoms with Crippen LogP contribution in [0.4, 0.5) is 0 Å². The molecule has 2 fully saturated rings. The third-order valence-electron chi connectivity index (χ3n) is 6.72. The van der Waals surface area contributed by atoms with Crippen LogP contribution in [0.2, 0.25) is 0 Å². The number of hydrogen-bond donors (Lipinski definition) is 0. The van der Waals surface area contributed by atoms with E-state index in [9.17, 15) is 4.79 Å². The van der Waals surface area contributed by atoms with Crippen LogP contribution in [0.3, 0.4) is 0 Å². The highest BCUT2D eigenvalue weighted by Gasteiger charge is 2.47. The fourth-order valence-electron chi connectivity index (χ4n) is 5.00. The van der Waals surface area contributed by atoms with E-state index >= 15 is 0 Å². The van der Waals surface area contributed by atoms with Crippen LogP contribution in [-0.4, -0.2) is 77.3 Å². The molecule has 0 bridgehead atoms. The second kappa shape index (κ2) is 8.51. The Morgan fingerprint density at radius 1 is 1.25 bits per heavy atom. The lowest BCUT2D eigenvalue weighted by Crippen LogP contribution is -2.55. The van der Waals surface area contributed by atoms with Gasteiger partial charge in [-0.1, -0.05) is 0 Å². The van der Waals surface area contributed by atoms with Gasteiger partial charge < -0.3 is 23.8 Å². The molecule has 1 aromatic rings. The molecule has 3 aliphatic rings. The van der Waals surface area contributed by atoms with Gasteiger partial charge in [-0.2, -0.15) is 0 Å². The van der Waals surface area contributed by atoms with Gasteiger partial charge in [-0.15, -0.1) is 0 Å². The number of aromatic nitrogens is 2. The SMILES string of the molecule is CCN(CC)C(=O)C1Cn2ccnc2C2(CCN(CC3CCOCC3)CC2)O1. The van der Waals surface area contributed by atoms with Crippen LogP contribution in [0.25, 0.3) is 0 Å². The Balaban J connectivity index is 1.45. The van der Waals surface area contributed by atoms with Gasteiger partial charge in [0.15, 0.2) is 6.10 Å². The lowest BCUT2D eigenvalue weighted by Gasteiger charge is -2.46. The summed E-state index contributed by atoms with van der Waals surface area (Å²) in [5, 5.41) is 0. The number of amides is 1. The summed E-state index contributed by atoms with van der Waals surface area (Å²) >= 11 is 0. The predicted octanol–water partition coefficient (Wildman–Crippen LogP) is 1.87. The number of imidazole rings is 1. The van der Waals surface area contributed by atoms with Crippen molar-refractivity contribution < 1.29 is 14.3 Å². The van der Waals surface area contributed by atoms with Gasteiger partial charge in [-0.3, -0.25) is 4.79 Å². The maximum absolute atomic E-state index is 13.0. The summed E-state index contributed by atoms with van der Waals surface area (Å²) in [6.45, 7) is 11.0. The van der Waals surface area contributed by atoms with Gasteiger partial charge >= 0.3 is 0 Å². The van der Waals surface area contributed by atoms with Gasteiger partial charge in [0.25, 0.3) is 5.91 Å². The summed E-state index contributed by atoms with van der Waals surface area (Å²) in [6.07, 6.45) is 7.57. The fourth-order valence-corrected chi connectivity index (χ4v) is 5.00. The number of rotatable bonds is 5. The molecule has 0 aliphatic carbocycles. The fraction of sp³-hybridized carbons (Fsp3) is 0.810. The molecule has 7 heteroatoms. The average molecular weight is 391 g/mol. The Hall–Kier alpha value is -1.44. The summed E-state index contributed by atoms with van der Waals surface area (Å²) in [7, 11) is 0. The summed E-state index contributed by atoms with van der Waals surface area (Å²) in [5.74, 6) is 1.85. The Bertz CT molecular complexity index is 658. The van der Waals surface area contributed by atoms with Crippen molar-refractivity contribution in [3.8, 4) is 0 Å². The molecule has 0 N–H and O–H groups in total. The highest BCUT2D eigenvalue weighted by molar-refractivity contribution is 5.81. The normalized spacial score (nSPS) is 25.6. The van der Waals surface area contributed by atoms with Gasteiger partial charge in [0.2, 0.25) is 0 Å². The number of carbonyl (C=O) groups excluding carboxylic acids is 1. The minimum absolute atomic E-state index is 0.105. The van der Waals surface area contributed by atoms with Crippen molar-refractivity contribution in [2.45, 2.75) is 57.8 Å². The number of nitrogens with zero attached hydrogens (tertiary/aromatic N) is 4. The van der Waals surface area contributed by atoms with Crippen LogP contribution in [0.1, 0.15) is 45.4 Å². The van der Waals surface area contributed by atoms with Crippen LogP contribution in [-0.2, 0) is 26.4 Å². The molecule has 156 valence electrons. The Labute approximate surface area is 168 Å². The maximum Gasteiger partial charge on any atom is 0.253 e. The lowest BCUT2D eigenvalue weighted by molar-refractivity contribution is -0.181. The molecule has 1 aromatic heterocycles. The smallest absolute Gasteiger partial charge is 0.253 e. The van der Waals surface area contributed by atoms with E-state index in [1.807, 2.05) is 31.1 Å². The molecule has 1 amide bonds. The van der Waals surface area contributed by atoms with Gasteiger partial charge in [0.1, 0.15) is 11.4 Å². The van der Waals surface area contributed by atoms with E-state index in [1.54, 1.807) is 0 Å². The van der Waals surface area contributed by atoms with Crippen LogP contribution < -0.4 is 0 Å². The number of carbonyl (C=O) groups is 1. The Kier molecular flexibility index (Phi) is 6.04. The maximum atomic E-state index is 13.0. The summed E-state index contributed by atoms with van der Waals surface area (Å²) in [4.78, 5) is 22.1. The molecule has 4 heterocycles. The molecule has 1 atom stereocenters. The third kappa shape index (κ3) is 3.84. The summed E-state index contributed by atoms with van der Waals surface area (Å²) in [6, 6.07) is 0. The molecule has 7 nitrogen and oxygen atoms in total. The van der Waals surface area contributed by atoms with Gasteiger partial charge in [0.05, 0.1) is 6.54 Å². The number of piperidine rings is 1. The first kappa shape index (κ1) is 19.9. The first-order valence-corrected chi connectivity index (χ1v) is 10.9. The molecular formula is C21H34N4O3. The zero-order valence-electron chi connectivity index (χ0n) is 17.3. The number of fused-ring (bicyclic) bond motifs is 2. The van der Waals surface area contributed by atoms with Crippen molar-refractivity contribution in [2.75, 3.05) is 45.9 Å². The van der Waals surface area contributed by atoms with E-state index in [2.05, 4.69) is 14.5 Å². The number of hydrogen-bond acceptors (Lipinski definition) is 5. The second-order valence-electron chi connectivity index (χ2n) is 8.37. The highest BCUT2D eigenvalue weighted by Crippen LogP contribution is 2.40. The first-order valence-electron chi connectivity index (χ1n) is 10.9. The summed E-state index contributed by atoms with van der Waals surface area (Å²) in [5.41, 5.74) is -0.429. The van der Waals surface area contributed by atoms with Crippen LogP contribution in [0.15, 0.2) is 12.4 Å². The van der Waals surface area contributed by atoms with Crippen molar-refractivity contribution in [3.63, 3.8) is 0 Å². The molecule has 0 saturated carbocycles. The van der Waals surface area contributed by atoms with Crippen molar-refractivity contribution in [2.24, 2.45) is 5.92 Å². The second-order valence-corrected chi connectivity index (χ2v) is 8.37. The molecule has 0 aromatic carbocycles. The Morgan fingerprint density at radius 2 is 1.96 bits per heavy atom. The Morgan fingerprint density at radius 3 is 2.64 bits per heavy atom. The molecule has 3 aliphatic heterocycles. The van der Waals surface area contributed by atoms with Gasteiger partial charge in [-0.25, -0.2) is 4.98 Å². The van der Waals surface area contributed by atoms with Crippen LogP contribution in [0, 0.1) is 5.92 Å². The van der Waals surface area contributed by atoms with E-state index in [4.69, 9.17) is 9.47 Å². The van der Waals surface area contributed by atoms with E-state index in [0.29, 0.717) is 6.54 Å². The zero-order valence-corrected chi connectivity index (χ0v) is 17.3. The molecule has 0 radical (unpaired) electrons. The molecule has 4 rings (SSSR count). The topological polar surface area (TPSA) is 59.8 Å². The molecule has 1 unspecified atom stereocenters. The largest absolute Gasteiger partial charge is 0.381 e. The van der Waals surface area contributed by atoms with E-state index in [1.165, 1.54) is 12.8 Å². The average Bonchev–Trinajstić information content (AvgIpc) is 3.21. The van der Waals surface area contributed by atoms with Crippen molar-refractivity contribution >= 4 is 5.91 Å². The highest BCUT2D eigenvalue weighted by atomic mass is 16.5.